The van der Waals surface area contributed by atoms with Crippen molar-refractivity contribution in [3.8, 4) is 0 Å². The highest BCUT2D eigenvalue weighted by Gasteiger charge is 2.37. The van der Waals surface area contributed by atoms with Gasteiger partial charge in [0.1, 0.15) is 6.04 Å². The van der Waals surface area contributed by atoms with Crippen LogP contribution in [0.3, 0.4) is 0 Å². The average Bonchev–Trinajstić information content (AvgIpc) is 3.02. The Labute approximate surface area is 150 Å². The lowest BCUT2D eigenvalue weighted by molar-refractivity contribution is -0.117. The molecule has 4 rings (SSSR count). The van der Waals surface area contributed by atoms with Gasteiger partial charge in [-0.25, -0.2) is 4.79 Å². The summed E-state index contributed by atoms with van der Waals surface area (Å²) in [5, 5.41) is 5.97. The van der Waals surface area contributed by atoms with Gasteiger partial charge in [-0.2, -0.15) is 0 Å². The number of ketones is 1. The standard InChI is InChI=1S/C19H19N3O4/c1-2-20-18(24)12-5-7-15(23)17-16(12)13-10-11(4-6-14(13)21-17)22-8-3-9-26-19(22)25/h4-7,10,17,21H,2-3,8-9H2,1H3,(H,20,24). The molecule has 0 aromatic heterocycles. The van der Waals surface area contributed by atoms with Crippen LogP contribution in [0.5, 0.6) is 0 Å². The summed E-state index contributed by atoms with van der Waals surface area (Å²) in [5.41, 5.74) is 3.37. The molecular weight excluding hydrogens is 334 g/mol. The second-order valence-corrected chi connectivity index (χ2v) is 6.35. The molecule has 1 unspecified atom stereocenters. The minimum Gasteiger partial charge on any atom is -0.449 e. The van der Waals surface area contributed by atoms with E-state index in [0.717, 1.165) is 17.7 Å². The molecule has 134 valence electrons. The smallest absolute Gasteiger partial charge is 0.414 e. The molecule has 2 amide bonds. The van der Waals surface area contributed by atoms with E-state index in [0.29, 0.717) is 36.5 Å². The average molecular weight is 353 g/mol. The number of carbonyl (C=O) groups excluding carboxylic acids is 3. The van der Waals surface area contributed by atoms with Crippen LogP contribution in [0.15, 0.2) is 35.9 Å². The fourth-order valence-electron chi connectivity index (χ4n) is 3.54. The van der Waals surface area contributed by atoms with Crippen molar-refractivity contribution in [3.63, 3.8) is 0 Å². The lowest BCUT2D eigenvalue weighted by Crippen LogP contribution is -2.37. The second-order valence-electron chi connectivity index (χ2n) is 6.35. The third kappa shape index (κ3) is 2.56. The number of likely N-dealkylation sites (N-methyl/N-ethyl adjacent to an activating group) is 1. The monoisotopic (exact) mass is 353 g/mol. The van der Waals surface area contributed by atoms with E-state index in [2.05, 4.69) is 10.6 Å². The molecule has 1 aliphatic carbocycles. The van der Waals surface area contributed by atoms with Gasteiger partial charge in [0.05, 0.1) is 6.61 Å². The van der Waals surface area contributed by atoms with Crippen molar-refractivity contribution in [3.05, 3.63) is 41.5 Å². The van der Waals surface area contributed by atoms with Crippen molar-refractivity contribution < 1.29 is 19.1 Å². The van der Waals surface area contributed by atoms with Gasteiger partial charge >= 0.3 is 6.09 Å². The molecule has 0 bridgehead atoms. The van der Waals surface area contributed by atoms with E-state index in [1.807, 2.05) is 25.1 Å². The van der Waals surface area contributed by atoms with E-state index >= 15 is 0 Å². The van der Waals surface area contributed by atoms with E-state index in [1.165, 1.54) is 6.08 Å². The number of nitrogens with one attached hydrogen (secondary N) is 2. The Balaban J connectivity index is 1.80. The highest BCUT2D eigenvalue weighted by atomic mass is 16.6. The zero-order valence-electron chi connectivity index (χ0n) is 14.4. The number of cyclic esters (lactones) is 1. The van der Waals surface area contributed by atoms with Gasteiger partial charge in [-0.1, -0.05) is 0 Å². The summed E-state index contributed by atoms with van der Waals surface area (Å²) in [7, 11) is 0. The van der Waals surface area contributed by atoms with Crippen LogP contribution in [0, 0.1) is 0 Å². The Kier molecular flexibility index (Phi) is 3.99. The Bertz CT molecular complexity index is 872. The first-order chi connectivity index (χ1) is 12.6. The summed E-state index contributed by atoms with van der Waals surface area (Å²) < 4.78 is 5.11. The second kappa shape index (κ2) is 6.33. The van der Waals surface area contributed by atoms with Crippen molar-refractivity contribution in [2.24, 2.45) is 0 Å². The van der Waals surface area contributed by atoms with Crippen molar-refractivity contribution in [2.75, 3.05) is 29.9 Å². The normalized spacial score (nSPS) is 21.1. The van der Waals surface area contributed by atoms with Crippen molar-refractivity contribution >= 4 is 34.7 Å². The van der Waals surface area contributed by atoms with Crippen molar-refractivity contribution in [2.45, 2.75) is 19.4 Å². The molecule has 2 aliphatic heterocycles. The van der Waals surface area contributed by atoms with Crippen LogP contribution in [0.25, 0.3) is 5.57 Å². The predicted molar refractivity (Wildman–Crippen MR) is 96.9 cm³/mol. The largest absolute Gasteiger partial charge is 0.449 e. The van der Waals surface area contributed by atoms with Gasteiger partial charge < -0.3 is 15.4 Å². The molecule has 1 atom stereocenters. The quantitative estimate of drug-likeness (QED) is 0.866. The molecule has 2 N–H and O–H groups in total. The summed E-state index contributed by atoms with van der Waals surface area (Å²) in [4.78, 5) is 38.4. The van der Waals surface area contributed by atoms with E-state index in [9.17, 15) is 14.4 Å². The number of anilines is 2. The topological polar surface area (TPSA) is 87.7 Å². The van der Waals surface area contributed by atoms with Crippen LogP contribution in [0.4, 0.5) is 16.2 Å². The molecule has 1 aromatic rings. The first kappa shape index (κ1) is 16.4. The van der Waals surface area contributed by atoms with Crippen LogP contribution in [-0.2, 0) is 14.3 Å². The van der Waals surface area contributed by atoms with E-state index in [-0.39, 0.29) is 17.8 Å². The van der Waals surface area contributed by atoms with Crippen LogP contribution < -0.4 is 15.5 Å². The number of hydrogen-bond donors (Lipinski definition) is 2. The summed E-state index contributed by atoms with van der Waals surface area (Å²) in [6.07, 6.45) is 3.38. The van der Waals surface area contributed by atoms with Crippen molar-refractivity contribution in [1.82, 2.24) is 5.32 Å². The van der Waals surface area contributed by atoms with Crippen molar-refractivity contribution in [1.29, 1.82) is 0 Å². The fourth-order valence-corrected chi connectivity index (χ4v) is 3.54. The van der Waals surface area contributed by atoms with Gasteiger partial charge in [0, 0.05) is 41.2 Å². The molecule has 26 heavy (non-hydrogen) atoms. The zero-order chi connectivity index (χ0) is 18.3. The molecule has 1 fully saturated rings. The predicted octanol–water partition coefficient (Wildman–Crippen LogP) is 1.86. The first-order valence-electron chi connectivity index (χ1n) is 8.69. The van der Waals surface area contributed by atoms with Gasteiger partial charge in [-0.05, 0) is 43.7 Å². The minimum absolute atomic E-state index is 0.0943. The maximum absolute atomic E-state index is 12.5. The number of ether oxygens (including phenoxy) is 1. The number of fused-ring (bicyclic) bond motifs is 3. The highest BCUT2D eigenvalue weighted by molar-refractivity contribution is 6.19. The van der Waals surface area contributed by atoms with Crippen LogP contribution in [-0.4, -0.2) is 43.5 Å². The van der Waals surface area contributed by atoms with E-state index < -0.39 is 6.04 Å². The summed E-state index contributed by atoms with van der Waals surface area (Å²) in [6, 6.07) is 4.92. The lowest BCUT2D eigenvalue weighted by Gasteiger charge is -2.26. The molecule has 1 aromatic carbocycles. The number of hydrogen-bond acceptors (Lipinski definition) is 5. The van der Waals surface area contributed by atoms with Gasteiger partial charge in [0.15, 0.2) is 5.78 Å². The van der Waals surface area contributed by atoms with Crippen LogP contribution in [0.1, 0.15) is 18.9 Å². The molecule has 7 heteroatoms. The number of nitrogens with zero attached hydrogens (tertiary/aromatic N) is 1. The van der Waals surface area contributed by atoms with Gasteiger partial charge in [-0.3, -0.25) is 14.5 Å². The number of amides is 2. The molecule has 0 spiro atoms. The Morgan fingerprint density at radius 2 is 2.19 bits per heavy atom. The molecule has 1 saturated heterocycles. The Morgan fingerprint density at radius 3 is 2.96 bits per heavy atom. The van der Waals surface area contributed by atoms with Gasteiger partial charge in [0.2, 0.25) is 0 Å². The maximum Gasteiger partial charge on any atom is 0.414 e. The Morgan fingerprint density at radius 1 is 1.35 bits per heavy atom. The minimum atomic E-state index is -0.573. The van der Waals surface area contributed by atoms with Crippen LogP contribution >= 0.6 is 0 Å². The number of carbonyl (C=O) groups is 3. The first-order valence-corrected chi connectivity index (χ1v) is 8.69. The lowest BCUT2D eigenvalue weighted by atomic mass is 9.89. The molecule has 0 saturated carbocycles. The molecule has 7 nitrogen and oxygen atoms in total. The van der Waals surface area contributed by atoms with E-state index in [4.69, 9.17) is 4.74 Å². The maximum atomic E-state index is 12.5. The number of rotatable bonds is 3. The van der Waals surface area contributed by atoms with Gasteiger partial charge in [0.25, 0.3) is 5.91 Å². The third-order valence-electron chi connectivity index (χ3n) is 4.74. The molecular formula is C19H19N3O4. The van der Waals surface area contributed by atoms with Gasteiger partial charge in [-0.15, -0.1) is 0 Å². The zero-order valence-corrected chi connectivity index (χ0v) is 14.4. The molecule has 0 radical (unpaired) electrons. The van der Waals surface area contributed by atoms with E-state index in [1.54, 1.807) is 11.0 Å². The third-order valence-corrected chi connectivity index (χ3v) is 4.74. The molecule has 3 aliphatic rings. The molecule has 2 heterocycles. The fraction of sp³-hybridized carbons (Fsp3) is 0.316. The summed E-state index contributed by atoms with van der Waals surface area (Å²) in [6.45, 7) is 3.35. The summed E-state index contributed by atoms with van der Waals surface area (Å²) in [5.74, 6) is -0.308. The number of benzene rings is 1. The summed E-state index contributed by atoms with van der Waals surface area (Å²) >= 11 is 0. The SMILES string of the molecule is CCNC(=O)C1=C2c3cc(N4CCCOC4=O)ccc3NC2C(=O)C=C1. The highest BCUT2D eigenvalue weighted by Crippen LogP contribution is 2.42. The Hall–Kier alpha value is -3.09. The van der Waals surface area contributed by atoms with Crippen LogP contribution in [0.2, 0.25) is 0 Å².